The summed E-state index contributed by atoms with van der Waals surface area (Å²) in [7, 11) is 0. The first-order valence-corrected chi connectivity index (χ1v) is 11.1. The fourth-order valence-corrected chi connectivity index (χ4v) is 4.13. The molecule has 1 aliphatic heterocycles. The molecule has 0 radical (unpaired) electrons. The Morgan fingerprint density at radius 3 is 2.66 bits per heavy atom. The van der Waals surface area contributed by atoms with E-state index < -0.39 is 0 Å². The van der Waals surface area contributed by atoms with Gasteiger partial charge in [-0.3, -0.25) is 4.79 Å². The highest BCUT2D eigenvalue weighted by atomic mass is 79.9. The lowest BCUT2D eigenvalue weighted by atomic mass is 10.1. The van der Waals surface area contributed by atoms with E-state index in [1.165, 1.54) is 11.8 Å². The number of amidine groups is 1. The van der Waals surface area contributed by atoms with Crippen molar-refractivity contribution in [3.63, 3.8) is 0 Å². The summed E-state index contributed by atoms with van der Waals surface area (Å²) in [4.78, 5) is 17.5. The zero-order valence-corrected chi connectivity index (χ0v) is 19.4. The molecule has 2 aromatic carbocycles. The summed E-state index contributed by atoms with van der Waals surface area (Å²) >= 11 is 10.9. The van der Waals surface area contributed by atoms with Crippen molar-refractivity contribution in [2.75, 3.05) is 13.2 Å². The Balaban J connectivity index is 1.93. The Bertz CT molecular complexity index is 1010. The van der Waals surface area contributed by atoms with Crippen molar-refractivity contribution in [1.82, 2.24) is 5.32 Å². The molecule has 3 rings (SSSR count). The van der Waals surface area contributed by atoms with Gasteiger partial charge in [-0.1, -0.05) is 17.7 Å². The first kappa shape index (κ1) is 21.7. The van der Waals surface area contributed by atoms with Crippen LogP contribution >= 0.6 is 39.3 Å². The number of hydrogen-bond acceptors (Lipinski definition) is 5. The number of rotatable bonds is 6. The van der Waals surface area contributed by atoms with E-state index in [-0.39, 0.29) is 5.91 Å². The van der Waals surface area contributed by atoms with Crippen LogP contribution in [0, 0.1) is 6.92 Å². The number of halogens is 2. The van der Waals surface area contributed by atoms with Crippen molar-refractivity contribution in [3.05, 3.63) is 55.9 Å². The Hall–Kier alpha value is -1.96. The number of carbonyl (C=O) groups excluding carboxylic acids is 1. The van der Waals surface area contributed by atoms with Gasteiger partial charge in [0.15, 0.2) is 5.17 Å². The van der Waals surface area contributed by atoms with Crippen LogP contribution in [0.15, 0.2) is 44.7 Å². The molecule has 5 nitrogen and oxygen atoms in total. The largest absolute Gasteiger partial charge is 0.493 e. The van der Waals surface area contributed by atoms with E-state index in [4.69, 9.17) is 21.1 Å². The molecule has 1 heterocycles. The molecule has 8 heteroatoms. The van der Waals surface area contributed by atoms with Gasteiger partial charge < -0.3 is 14.8 Å². The zero-order valence-electron chi connectivity index (χ0n) is 16.2. The van der Waals surface area contributed by atoms with Gasteiger partial charge in [0.1, 0.15) is 11.5 Å². The van der Waals surface area contributed by atoms with Crippen molar-refractivity contribution in [3.8, 4) is 11.5 Å². The van der Waals surface area contributed by atoms with E-state index in [1.54, 1.807) is 6.08 Å². The van der Waals surface area contributed by atoms with Gasteiger partial charge in [-0.2, -0.15) is 0 Å². The van der Waals surface area contributed by atoms with Gasteiger partial charge in [-0.05, 0) is 78.3 Å². The standard InChI is InChI=1S/C21H20BrClN2O3S/c1-4-27-17-11-18(28-5-2)14(22)9-13(17)10-19-20(26)25-21(29-19)24-16-8-6-7-15(23)12(16)3/h6-11H,4-5H2,1-3H3,(H,24,25,26)/b19-10+. The van der Waals surface area contributed by atoms with Crippen molar-refractivity contribution in [1.29, 1.82) is 0 Å². The molecule has 0 aliphatic carbocycles. The Morgan fingerprint density at radius 2 is 1.93 bits per heavy atom. The summed E-state index contributed by atoms with van der Waals surface area (Å²) in [5, 5.41) is 3.95. The van der Waals surface area contributed by atoms with E-state index in [0.29, 0.717) is 39.8 Å². The van der Waals surface area contributed by atoms with Crippen molar-refractivity contribution in [2.45, 2.75) is 20.8 Å². The lowest BCUT2D eigenvalue weighted by Gasteiger charge is -2.12. The van der Waals surface area contributed by atoms with Gasteiger partial charge in [-0.25, -0.2) is 4.99 Å². The van der Waals surface area contributed by atoms with Crippen LogP contribution in [-0.4, -0.2) is 24.3 Å². The van der Waals surface area contributed by atoms with E-state index in [2.05, 4.69) is 26.2 Å². The number of aliphatic imine (C=N–C) groups is 1. The van der Waals surface area contributed by atoms with E-state index >= 15 is 0 Å². The summed E-state index contributed by atoms with van der Waals surface area (Å²) in [5.41, 5.74) is 2.36. The average Bonchev–Trinajstić information content (AvgIpc) is 3.02. The maximum atomic E-state index is 12.5. The highest BCUT2D eigenvalue weighted by Gasteiger charge is 2.25. The monoisotopic (exact) mass is 494 g/mol. The van der Waals surface area contributed by atoms with Crippen LogP contribution in [0.3, 0.4) is 0 Å². The molecule has 0 atom stereocenters. The first-order valence-electron chi connectivity index (χ1n) is 9.06. The lowest BCUT2D eigenvalue weighted by Crippen LogP contribution is -2.19. The summed E-state index contributed by atoms with van der Waals surface area (Å²) in [5.74, 6) is 1.14. The second-order valence-electron chi connectivity index (χ2n) is 6.05. The van der Waals surface area contributed by atoms with Crippen LogP contribution in [0.1, 0.15) is 25.0 Å². The summed E-state index contributed by atoms with van der Waals surface area (Å²) < 4.78 is 12.1. The molecule has 1 amide bonds. The summed E-state index contributed by atoms with van der Waals surface area (Å²) in [6.07, 6.45) is 1.79. The van der Waals surface area contributed by atoms with Gasteiger partial charge in [0.2, 0.25) is 0 Å². The maximum Gasteiger partial charge on any atom is 0.264 e. The Morgan fingerprint density at radius 1 is 1.21 bits per heavy atom. The number of hydrogen-bond donors (Lipinski definition) is 1. The third-order valence-corrected chi connectivity index (χ3v) is 6.00. The zero-order chi connectivity index (χ0) is 21.0. The Labute approximate surface area is 187 Å². The fourth-order valence-electron chi connectivity index (χ4n) is 2.66. The maximum absolute atomic E-state index is 12.5. The van der Waals surface area contributed by atoms with Crippen LogP contribution < -0.4 is 14.8 Å². The van der Waals surface area contributed by atoms with Gasteiger partial charge >= 0.3 is 0 Å². The minimum atomic E-state index is -0.208. The third-order valence-electron chi connectivity index (χ3n) is 4.06. The topological polar surface area (TPSA) is 59.9 Å². The molecule has 1 aliphatic rings. The average molecular weight is 496 g/mol. The number of nitrogens with zero attached hydrogens (tertiary/aromatic N) is 1. The smallest absolute Gasteiger partial charge is 0.264 e. The first-order chi connectivity index (χ1) is 13.9. The number of ether oxygens (including phenoxy) is 2. The second kappa shape index (κ2) is 9.69. The van der Waals surface area contributed by atoms with Crippen LogP contribution in [0.5, 0.6) is 11.5 Å². The molecule has 29 heavy (non-hydrogen) atoms. The number of nitrogens with one attached hydrogen (secondary N) is 1. The number of benzene rings is 2. The van der Waals surface area contributed by atoms with E-state index in [9.17, 15) is 4.79 Å². The number of thioether (sulfide) groups is 1. The second-order valence-corrected chi connectivity index (χ2v) is 8.34. The lowest BCUT2D eigenvalue weighted by molar-refractivity contribution is -0.115. The van der Waals surface area contributed by atoms with Crippen LogP contribution in [0.25, 0.3) is 6.08 Å². The van der Waals surface area contributed by atoms with Gasteiger partial charge in [-0.15, -0.1) is 0 Å². The van der Waals surface area contributed by atoms with Crippen LogP contribution in [0.4, 0.5) is 5.69 Å². The molecule has 0 unspecified atom stereocenters. The molecular weight excluding hydrogens is 476 g/mol. The summed E-state index contributed by atoms with van der Waals surface area (Å²) in [6, 6.07) is 9.21. The quantitative estimate of drug-likeness (QED) is 0.492. The molecule has 0 aromatic heterocycles. The third kappa shape index (κ3) is 5.15. The Kier molecular flexibility index (Phi) is 7.27. The molecule has 2 aromatic rings. The van der Waals surface area contributed by atoms with Gasteiger partial charge in [0, 0.05) is 16.7 Å². The molecule has 1 N–H and O–H groups in total. The predicted molar refractivity (Wildman–Crippen MR) is 123 cm³/mol. The molecule has 0 bridgehead atoms. The van der Waals surface area contributed by atoms with Gasteiger partial charge in [0.05, 0.1) is 28.3 Å². The normalized spacial score (nSPS) is 16.4. The molecule has 1 fully saturated rings. The molecule has 0 spiro atoms. The molecule has 1 saturated heterocycles. The molecule has 152 valence electrons. The molecular formula is C21H20BrClN2O3S. The van der Waals surface area contributed by atoms with E-state index in [0.717, 1.165) is 21.3 Å². The number of carbonyl (C=O) groups is 1. The highest BCUT2D eigenvalue weighted by Crippen LogP contribution is 2.37. The number of amides is 1. The van der Waals surface area contributed by atoms with Crippen molar-refractivity contribution < 1.29 is 14.3 Å². The van der Waals surface area contributed by atoms with Gasteiger partial charge in [0.25, 0.3) is 5.91 Å². The summed E-state index contributed by atoms with van der Waals surface area (Å²) in [6.45, 7) is 6.78. The minimum absolute atomic E-state index is 0.208. The molecule has 0 saturated carbocycles. The highest BCUT2D eigenvalue weighted by molar-refractivity contribution is 9.10. The van der Waals surface area contributed by atoms with Crippen LogP contribution in [0.2, 0.25) is 5.02 Å². The van der Waals surface area contributed by atoms with Crippen molar-refractivity contribution >= 4 is 62.1 Å². The van der Waals surface area contributed by atoms with Crippen molar-refractivity contribution in [2.24, 2.45) is 4.99 Å². The SMILES string of the molecule is CCOc1cc(OCC)c(/C=C2/SC(=Nc3cccc(Cl)c3C)NC2=O)cc1Br. The van der Waals surface area contributed by atoms with Crippen LogP contribution in [-0.2, 0) is 4.79 Å². The van der Waals surface area contributed by atoms with E-state index in [1.807, 2.05) is 51.1 Å². The fraction of sp³-hybridized carbons (Fsp3) is 0.238. The minimum Gasteiger partial charge on any atom is -0.493 e. The predicted octanol–water partition coefficient (Wildman–Crippen LogP) is 6.10.